The molecule has 1 N–H and O–H groups in total. The number of rotatable bonds is 8. The number of carbonyl (C=O) groups is 3. The number of carboxylic acid groups (broad SMARTS) is 1. The Hall–Kier alpha value is -1.59. The lowest BCUT2D eigenvalue weighted by Gasteiger charge is -2.20. The van der Waals surface area contributed by atoms with Gasteiger partial charge in [-0.2, -0.15) is 0 Å². The van der Waals surface area contributed by atoms with Gasteiger partial charge in [0.25, 0.3) is 0 Å². The maximum absolute atomic E-state index is 11.4. The molecule has 6 heteroatoms. The van der Waals surface area contributed by atoms with Crippen LogP contribution in [0.2, 0.25) is 0 Å². The van der Waals surface area contributed by atoms with Crippen LogP contribution in [0.1, 0.15) is 59.8 Å². The number of hydrogen-bond acceptors (Lipinski definition) is 5. The molecule has 0 aliphatic carbocycles. The highest BCUT2D eigenvalue weighted by atomic mass is 16.6. The molecule has 0 aliphatic rings. The van der Waals surface area contributed by atoms with Crippen LogP contribution in [0, 0.1) is 0 Å². The van der Waals surface area contributed by atoms with Gasteiger partial charge in [0, 0.05) is 13.3 Å². The molecule has 0 aromatic rings. The van der Waals surface area contributed by atoms with Crippen LogP contribution in [-0.4, -0.2) is 29.5 Å². The zero-order chi connectivity index (χ0) is 15.8. The van der Waals surface area contributed by atoms with Gasteiger partial charge in [0.05, 0.1) is 12.0 Å². The average molecular weight is 286 g/mol. The lowest BCUT2D eigenvalue weighted by atomic mass is 10.1. The molecular formula is C14H24NO5-. The van der Waals surface area contributed by atoms with Crippen LogP contribution < -0.4 is 10.4 Å². The van der Waals surface area contributed by atoms with Gasteiger partial charge in [-0.05, 0) is 33.6 Å². The molecule has 0 saturated heterocycles. The van der Waals surface area contributed by atoms with E-state index < -0.39 is 23.5 Å². The molecular weight excluding hydrogens is 262 g/mol. The molecule has 0 aliphatic heterocycles. The second kappa shape index (κ2) is 8.55. The molecule has 1 amide bonds. The number of amides is 1. The molecule has 20 heavy (non-hydrogen) atoms. The van der Waals surface area contributed by atoms with Crippen LogP contribution in [0.5, 0.6) is 0 Å². The maximum atomic E-state index is 11.4. The largest absolute Gasteiger partial charge is 0.548 e. The first-order chi connectivity index (χ1) is 9.11. The Morgan fingerprint density at radius 1 is 1.15 bits per heavy atom. The van der Waals surface area contributed by atoms with Crippen molar-refractivity contribution in [2.75, 3.05) is 0 Å². The summed E-state index contributed by atoms with van der Waals surface area (Å²) in [5, 5.41) is 13.1. The third kappa shape index (κ3) is 10.3. The summed E-state index contributed by atoms with van der Waals surface area (Å²) in [6.45, 7) is 6.69. The van der Waals surface area contributed by atoms with Crippen LogP contribution in [0.3, 0.4) is 0 Å². The molecule has 0 saturated carbocycles. The van der Waals surface area contributed by atoms with Gasteiger partial charge in [0.15, 0.2) is 0 Å². The molecule has 0 radical (unpaired) electrons. The number of esters is 1. The van der Waals surface area contributed by atoms with Crippen molar-refractivity contribution < 1.29 is 24.2 Å². The Balaban J connectivity index is 3.82. The second-order valence-electron chi connectivity index (χ2n) is 5.76. The van der Waals surface area contributed by atoms with E-state index in [2.05, 4.69) is 5.32 Å². The van der Waals surface area contributed by atoms with Gasteiger partial charge in [-0.15, -0.1) is 0 Å². The smallest absolute Gasteiger partial charge is 0.306 e. The first-order valence-corrected chi connectivity index (χ1v) is 6.81. The second-order valence-corrected chi connectivity index (χ2v) is 5.76. The fraction of sp³-hybridized carbons (Fsp3) is 0.786. The summed E-state index contributed by atoms with van der Waals surface area (Å²) in [4.78, 5) is 33.0. The molecule has 1 atom stereocenters. The number of carbonyl (C=O) groups excluding carboxylic acids is 3. The van der Waals surface area contributed by atoms with Gasteiger partial charge >= 0.3 is 5.97 Å². The van der Waals surface area contributed by atoms with Gasteiger partial charge in [-0.25, -0.2) is 0 Å². The van der Waals surface area contributed by atoms with E-state index in [4.69, 9.17) is 4.74 Å². The number of aliphatic carboxylic acids is 1. The minimum atomic E-state index is -1.28. The summed E-state index contributed by atoms with van der Waals surface area (Å²) in [7, 11) is 0. The van der Waals surface area contributed by atoms with Gasteiger partial charge in [-0.3, -0.25) is 9.59 Å². The average Bonchev–Trinajstić information content (AvgIpc) is 2.23. The predicted molar refractivity (Wildman–Crippen MR) is 71.5 cm³/mol. The van der Waals surface area contributed by atoms with Gasteiger partial charge < -0.3 is 20.0 Å². The van der Waals surface area contributed by atoms with Crippen molar-refractivity contribution in [3.8, 4) is 0 Å². The van der Waals surface area contributed by atoms with Crippen molar-refractivity contribution in [2.45, 2.75) is 71.4 Å². The summed E-state index contributed by atoms with van der Waals surface area (Å²) in [6.07, 6.45) is 2.54. The van der Waals surface area contributed by atoms with E-state index in [1.165, 1.54) is 6.92 Å². The van der Waals surface area contributed by atoms with E-state index in [0.29, 0.717) is 32.1 Å². The Labute approximate surface area is 119 Å². The fourth-order valence-corrected chi connectivity index (χ4v) is 1.68. The van der Waals surface area contributed by atoms with E-state index in [1.54, 1.807) is 0 Å². The van der Waals surface area contributed by atoms with Crippen molar-refractivity contribution >= 4 is 17.8 Å². The Bertz CT molecular complexity index is 346. The highest BCUT2D eigenvalue weighted by Crippen LogP contribution is 2.11. The molecule has 6 nitrogen and oxygen atoms in total. The van der Waals surface area contributed by atoms with Crippen LogP contribution in [0.15, 0.2) is 0 Å². The van der Waals surface area contributed by atoms with E-state index in [0.717, 1.165) is 0 Å². The van der Waals surface area contributed by atoms with Gasteiger partial charge in [0.1, 0.15) is 5.60 Å². The Morgan fingerprint density at radius 2 is 1.75 bits per heavy atom. The van der Waals surface area contributed by atoms with Crippen molar-refractivity contribution in [3.05, 3.63) is 0 Å². The van der Waals surface area contributed by atoms with E-state index in [1.807, 2.05) is 20.8 Å². The van der Waals surface area contributed by atoms with Crippen LogP contribution >= 0.6 is 0 Å². The van der Waals surface area contributed by atoms with Crippen molar-refractivity contribution in [1.82, 2.24) is 5.32 Å². The van der Waals surface area contributed by atoms with E-state index in [9.17, 15) is 19.5 Å². The minimum Gasteiger partial charge on any atom is -0.548 e. The first-order valence-electron chi connectivity index (χ1n) is 6.81. The molecule has 0 spiro atoms. The molecule has 0 unspecified atom stereocenters. The number of hydrogen-bond donors (Lipinski definition) is 1. The van der Waals surface area contributed by atoms with Crippen LogP contribution in [-0.2, 0) is 19.1 Å². The quantitative estimate of drug-likeness (QED) is 0.519. The lowest BCUT2D eigenvalue weighted by molar-refractivity contribution is -0.308. The Kier molecular flexibility index (Phi) is 7.87. The number of nitrogens with one attached hydrogen (secondary N) is 1. The number of ether oxygens (including phenoxy) is 1. The molecule has 0 fully saturated rings. The zero-order valence-electron chi connectivity index (χ0n) is 12.7. The normalized spacial score (nSPS) is 12.6. The molecule has 116 valence electrons. The van der Waals surface area contributed by atoms with Crippen LogP contribution in [0.25, 0.3) is 0 Å². The summed E-state index contributed by atoms with van der Waals surface area (Å²) in [6, 6.07) is -0.964. The van der Waals surface area contributed by atoms with Crippen molar-refractivity contribution in [1.29, 1.82) is 0 Å². The monoisotopic (exact) mass is 286 g/mol. The fourth-order valence-electron chi connectivity index (χ4n) is 1.68. The number of carboxylic acids is 1. The van der Waals surface area contributed by atoms with Crippen LogP contribution in [0.4, 0.5) is 0 Å². The molecule has 0 bridgehead atoms. The maximum Gasteiger partial charge on any atom is 0.306 e. The van der Waals surface area contributed by atoms with E-state index >= 15 is 0 Å². The third-order valence-electron chi connectivity index (χ3n) is 2.46. The third-order valence-corrected chi connectivity index (χ3v) is 2.46. The molecule has 0 heterocycles. The lowest BCUT2D eigenvalue weighted by Crippen LogP contribution is -2.47. The first kappa shape index (κ1) is 18.4. The van der Waals surface area contributed by atoms with Gasteiger partial charge in [0.2, 0.25) is 5.91 Å². The van der Waals surface area contributed by atoms with Crippen molar-refractivity contribution in [2.24, 2.45) is 0 Å². The predicted octanol–water partition coefficient (Wildman–Crippen LogP) is 0.533. The zero-order valence-corrected chi connectivity index (χ0v) is 12.7. The SMILES string of the molecule is CC(=O)N[C@H](CCCCCC(=O)OC(C)(C)C)C(=O)[O-]. The highest BCUT2D eigenvalue weighted by molar-refractivity contribution is 5.80. The van der Waals surface area contributed by atoms with Crippen molar-refractivity contribution in [3.63, 3.8) is 0 Å². The summed E-state index contributed by atoms with van der Waals surface area (Å²) in [5.41, 5.74) is -0.484. The number of unbranched alkanes of at least 4 members (excludes halogenated alkanes) is 2. The minimum absolute atomic E-state index is 0.254. The summed E-state index contributed by atoms with van der Waals surface area (Å²) in [5.74, 6) is -1.93. The molecule has 0 aromatic heterocycles. The summed E-state index contributed by atoms with van der Waals surface area (Å²) < 4.78 is 5.16. The topological polar surface area (TPSA) is 95.5 Å². The van der Waals surface area contributed by atoms with E-state index in [-0.39, 0.29) is 5.97 Å². The molecule has 0 aromatic carbocycles. The molecule has 0 rings (SSSR count). The Morgan fingerprint density at radius 3 is 2.20 bits per heavy atom. The standard InChI is InChI=1S/C14H25NO5/c1-10(16)15-11(13(18)19)8-6-5-7-9-12(17)20-14(2,3)4/h11H,5-9H2,1-4H3,(H,15,16)(H,18,19)/p-1/t11-/m1/s1. The summed E-state index contributed by atoms with van der Waals surface area (Å²) >= 11 is 0. The highest BCUT2D eigenvalue weighted by Gasteiger charge is 2.16. The van der Waals surface area contributed by atoms with Gasteiger partial charge in [-0.1, -0.05) is 12.8 Å².